The SMILES string of the molecule is Cc1ccc(-c2ccc3c(-c4cc5c(c(OC(F)F)c4)C(=O)N(CC(F)(F)F)CC5)coc3c2)nn1. The van der Waals surface area contributed by atoms with Crippen LogP contribution in [0.3, 0.4) is 0 Å². The van der Waals surface area contributed by atoms with E-state index in [1.54, 1.807) is 18.2 Å². The summed E-state index contributed by atoms with van der Waals surface area (Å²) in [6, 6.07) is 11.8. The summed E-state index contributed by atoms with van der Waals surface area (Å²) in [4.78, 5) is 13.4. The van der Waals surface area contributed by atoms with Gasteiger partial charge in [0, 0.05) is 23.1 Å². The summed E-state index contributed by atoms with van der Waals surface area (Å²) in [6.45, 7) is -3.11. The maximum Gasteiger partial charge on any atom is 0.406 e. The lowest BCUT2D eigenvalue weighted by Gasteiger charge is -2.30. The minimum Gasteiger partial charge on any atom is -0.464 e. The number of benzene rings is 2. The molecule has 0 saturated carbocycles. The third-order valence-electron chi connectivity index (χ3n) is 5.90. The Morgan fingerprint density at radius 3 is 2.58 bits per heavy atom. The maximum absolute atomic E-state index is 13.2. The molecule has 2 aromatic heterocycles. The molecule has 36 heavy (non-hydrogen) atoms. The summed E-state index contributed by atoms with van der Waals surface area (Å²) in [6.07, 6.45) is -3.12. The minimum atomic E-state index is -4.62. The van der Waals surface area contributed by atoms with E-state index in [0.717, 1.165) is 11.3 Å². The standard InChI is InChI=1S/C25H18F5N3O3/c1-13-2-5-19(32-31-13)14-3-4-17-18(11-35-20(17)9-14)16-8-15-6-7-33(12-25(28,29)30)23(34)22(15)21(10-16)36-24(26)27/h2-5,8-11,24H,6-7,12H2,1H3. The second-order valence-corrected chi connectivity index (χ2v) is 8.40. The fraction of sp³-hybridized carbons (Fsp3) is 0.240. The first-order chi connectivity index (χ1) is 17.1. The molecule has 0 spiro atoms. The molecule has 0 aliphatic carbocycles. The largest absolute Gasteiger partial charge is 0.464 e. The van der Waals surface area contributed by atoms with Crippen molar-refractivity contribution in [2.24, 2.45) is 0 Å². The van der Waals surface area contributed by atoms with E-state index in [1.165, 1.54) is 12.3 Å². The van der Waals surface area contributed by atoms with Crippen LogP contribution >= 0.6 is 0 Å². The van der Waals surface area contributed by atoms with Crippen molar-refractivity contribution in [2.75, 3.05) is 13.1 Å². The molecule has 6 nitrogen and oxygen atoms in total. The Morgan fingerprint density at radius 1 is 1.08 bits per heavy atom. The van der Waals surface area contributed by atoms with Crippen molar-refractivity contribution in [2.45, 2.75) is 26.1 Å². The average Bonchev–Trinajstić information content (AvgIpc) is 3.23. The first-order valence-electron chi connectivity index (χ1n) is 10.9. The molecule has 1 aliphatic heterocycles. The normalized spacial score (nSPS) is 14.0. The van der Waals surface area contributed by atoms with Crippen LogP contribution in [-0.2, 0) is 6.42 Å². The lowest BCUT2D eigenvalue weighted by Crippen LogP contribution is -2.43. The Morgan fingerprint density at radius 2 is 1.89 bits per heavy atom. The average molecular weight is 503 g/mol. The Balaban J connectivity index is 1.56. The van der Waals surface area contributed by atoms with Crippen LogP contribution in [0.15, 0.2) is 53.1 Å². The van der Waals surface area contributed by atoms with Crippen LogP contribution in [0, 0.1) is 6.92 Å². The summed E-state index contributed by atoms with van der Waals surface area (Å²) in [5.74, 6) is -1.48. The molecule has 0 saturated heterocycles. The van der Waals surface area contributed by atoms with Crippen molar-refractivity contribution < 1.29 is 35.9 Å². The van der Waals surface area contributed by atoms with Crippen LogP contribution < -0.4 is 4.74 Å². The van der Waals surface area contributed by atoms with Gasteiger partial charge in [-0.25, -0.2) is 0 Å². The number of rotatable bonds is 5. The van der Waals surface area contributed by atoms with Crippen molar-refractivity contribution in [3.05, 3.63) is 65.5 Å². The number of halogens is 5. The molecule has 0 unspecified atom stereocenters. The first kappa shape index (κ1) is 23.7. The monoisotopic (exact) mass is 503 g/mol. The summed E-state index contributed by atoms with van der Waals surface area (Å²) in [5.41, 5.74) is 3.71. The molecule has 0 N–H and O–H groups in total. The van der Waals surface area contributed by atoms with E-state index in [9.17, 15) is 26.7 Å². The van der Waals surface area contributed by atoms with Crippen LogP contribution in [0.1, 0.15) is 21.6 Å². The van der Waals surface area contributed by atoms with Gasteiger partial charge in [0.2, 0.25) is 0 Å². The van der Waals surface area contributed by atoms with Crippen molar-refractivity contribution in [3.8, 4) is 28.1 Å². The molecule has 5 rings (SSSR count). The van der Waals surface area contributed by atoms with Crippen LogP contribution in [0.2, 0.25) is 0 Å². The summed E-state index contributed by atoms with van der Waals surface area (Å²) < 4.78 is 75.3. The van der Waals surface area contributed by atoms with Crippen LogP contribution in [-0.4, -0.2) is 46.9 Å². The molecular formula is C25H18F5N3O3. The fourth-order valence-electron chi connectivity index (χ4n) is 4.30. The van der Waals surface area contributed by atoms with Gasteiger partial charge in [0.1, 0.15) is 17.9 Å². The number of aromatic nitrogens is 2. The highest BCUT2D eigenvalue weighted by Crippen LogP contribution is 2.39. The highest BCUT2D eigenvalue weighted by atomic mass is 19.4. The predicted octanol–water partition coefficient (Wildman–Crippen LogP) is 6.03. The molecule has 0 fully saturated rings. The highest BCUT2D eigenvalue weighted by Gasteiger charge is 2.37. The van der Waals surface area contributed by atoms with Gasteiger partial charge in [-0.1, -0.05) is 6.07 Å². The van der Waals surface area contributed by atoms with Gasteiger partial charge in [0.15, 0.2) is 0 Å². The number of fused-ring (bicyclic) bond motifs is 2. The molecule has 1 aliphatic rings. The minimum absolute atomic E-state index is 0.0522. The number of hydrogen-bond acceptors (Lipinski definition) is 5. The number of alkyl halides is 5. The fourth-order valence-corrected chi connectivity index (χ4v) is 4.30. The first-order valence-corrected chi connectivity index (χ1v) is 10.9. The van der Waals surface area contributed by atoms with E-state index in [4.69, 9.17) is 4.42 Å². The van der Waals surface area contributed by atoms with Gasteiger partial charge in [0.25, 0.3) is 5.91 Å². The number of hydrogen-bond donors (Lipinski definition) is 0. The second kappa shape index (κ2) is 8.89. The molecule has 3 heterocycles. The Hall–Kier alpha value is -4.02. The topological polar surface area (TPSA) is 68.5 Å². The van der Waals surface area contributed by atoms with E-state index < -0.39 is 31.0 Å². The van der Waals surface area contributed by atoms with Crippen molar-refractivity contribution in [1.29, 1.82) is 0 Å². The van der Waals surface area contributed by atoms with Gasteiger partial charge in [-0.3, -0.25) is 4.79 Å². The molecule has 2 aromatic carbocycles. The van der Waals surface area contributed by atoms with E-state index in [0.29, 0.717) is 38.3 Å². The highest BCUT2D eigenvalue weighted by molar-refractivity contribution is 6.02. The quantitative estimate of drug-likeness (QED) is 0.311. The smallest absolute Gasteiger partial charge is 0.406 e. The molecular weight excluding hydrogens is 485 g/mol. The Labute approximate surface area is 201 Å². The van der Waals surface area contributed by atoms with E-state index in [1.807, 2.05) is 25.1 Å². The second-order valence-electron chi connectivity index (χ2n) is 8.40. The van der Waals surface area contributed by atoms with Gasteiger partial charge >= 0.3 is 12.8 Å². The van der Waals surface area contributed by atoms with Crippen LogP contribution in [0.4, 0.5) is 22.0 Å². The third kappa shape index (κ3) is 4.60. The van der Waals surface area contributed by atoms with E-state index >= 15 is 0 Å². The summed E-state index contributed by atoms with van der Waals surface area (Å²) >= 11 is 0. The summed E-state index contributed by atoms with van der Waals surface area (Å²) in [7, 11) is 0. The van der Waals surface area contributed by atoms with Gasteiger partial charge in [0.05, 0.1) is 23.2 Å². The van der Waals surface area contributed by atoms with E-state index in [-0.39, 0.29) is 18.5 Å². The summed E-state index contributed by atoms with van der Waals surface area (Å²) in [5, 5.41) is 8.87. The maximum atomic E-state index is 13.2. The zero-order valence-corrected chi connectivity index (χ0v) is 18.8. The number of amides is 1. The lowest BCUT2D eigenvalue weighted by molar-refractivity contribution is -0.141. The van der Waals surface area contributed by atoms with Gasteiger partial charge < -0.3 is 14.1 Å². The zero-order valence-electron chi connectivity index (χ0n) is 18.8. The van der Waals surface area contributed by atoms with Crippen LogP contribution in [0.5, 0.6) is 5.75 Å². The Bertz CT molecular complexity index is 1450. The van der Waals surface area contributed by atoms with Crippen molar-refractivity contribution in [1.82, 2.24) is 15.1 Å². The zero-order chi connectivity index (χ0) is 25.6. The van der Waals surface area contributed by atoms with Gasteiger partial charge in [-0.15, -0.1) is 0 Å². The third-order valence-corrected chi connectivity index (χ3v) is 5.90. The molecule has 0 radical (unpaired) electrons. The van der Waals surface area contributed by atoms with Gasteiger partial charge in [-0.2, -0.15) is 32.1 Å². The number of ether oxygens (including phenoxy) is 1. The molecule has 4 aromatic rings. The Kier molecular flexibility index (Phi) is 5.85. The number of carbonyl (C=O) groups is 1. The molecule has 0 bridgehead atoms. The number of nitrogens with zero attached hydrogens (tertiary/aromatic N) is 3. The van der Waals surface area contributed by atoms with E-state index in [2.05, 4.69) is 14.9 Å². The number of furan rings is 1. The number of carbonyl (C=O) groups excluding carboxylic acids is 1. The van der Waals surface area contributed by atoms with Crippen molar-refractivity contribution in [3.63, 3.8) is 0 Å². The lowest BCUT2D eigenvalue weighted by atomic mass is 9.92. The predicted molar refractivity (Wildman–Crippen MR) is 120 cm³/mol. The molecule has 11 heteroatoms. The van der Waals surface area contributed by atoms with Crippen molar-refractivity contribution >= 4 is 16.9 Å². The molecule has 186 valence electrons. The van der Waals surface area contributed by atoms with Gasteiger partial charge in [-0.05, 0) is 60.9 Å². The van der Waals surface area contributed by atoms with Crippen LogP contribution in [0.25, 0.3) is 33.4 Å². The molecule has 0 atom stereocenters. The number of aryl methyl sites for hydroxylation is 1. The molecule has 1 amide bonds.